The van der Waals surface area contributed by atoms with Gasteiger partial charge >= 0.3 is 0 Å². The van der Waals surface area contributed by atoms with Gasteiger partial charge in [-0.1, -0.05) is 29.8 Å². The van der Waals surface area contributed by atoms with Crippen LogP contribution < -0.4 is 19.7 Å². The number of anilines is 3. The van der Waals surface area contributed by atoms with Gasteiger partial charge in [0.25, 0.3) is 21.8 Å². The molecule has 4 rings (SSSR count). The molecule has 0 saturated heterocycles. The Hall–Kier alpha value is -3.89. The second-order valence-electron chi connectivity index (χ2n) is 6.78. The van der Waals surface area contributed by atoms with Gasteiger partial charge in [-0.2, -0.15) is 0 Å². The molecule has 9 nitrogen and oxygen atoms in total. The maximum atomic E-state index is 13.0. The van der Waals surface area contributed by atoms with Gasteiger partial charge in [-0.05, 0) is 48.5 Å². The Morgan fingerprint density at radius 3 is 2.30 bits per heavy atom. The van der Waals surface area contributed by atoms with Gasteiger partial charge < -0.3 is 10.1 Å². The molecular formula is C22H17ClN4O5S. The summed E-state index contributed by atoms with van der Waals surface area (Å²) in [6, 6.07) is 17.0. The van der Waals surface area contributed by atoms with Gasteiger partial charge in [0.2, 0.25) is 0 Å². The minimum atomic E-state index is -3.86. The molecule has 0 atom stereocenters. The van der Waals surface area contributed by atoms with Gasteiger partial charge in [-0.3, -0.25) is 14.3 Å². The first-order valence-corrected chi connectivity index (χ1v) is 11.4. The van der Waals surface area contributed by atoms with Crippen LogP contribution in [-0.2, 0) is 19.6 Å². The molecule has 0 bridgehead atoms. The molecule has 2 N–H and O–H groups in total. The van der Waals surface area contributed by atoms with Crippen molar-refractivity contribution in [2.75, 3.05) is 22.0 Å². The van der Waals surface area contributed by atoms with Crippen LogP contribution in [0.2, 0.25) is 0 Å². The van der Waals surface area contributed by atoms with E-state index in [1.807, 2.05) is 0 Å². The van der Waals surface area contributed by atoms with Crippen molar-refractivity contribution in [3.63, 3.8) is 0 Å². The SMILES string of the molecule is COc1ccccc1N1C(=O)C(Cl)=C(Nc2ccc(S(=O)(=O)Nc3ccccn3)cc2)C1=O. The van der Waals surface area contributed by atoms with Crippen molar-refractivity contribution in [3.8, 4) is 5.75 Å². The Morgan fingerprint density at radius 2 is 1.64 bits per heavy atom. The van der Waals surface area contributed by atoms with E-state index in [4.69, 9.17) is 16.3 Å². The average molecular weight is 485 g/mol. The van der Waals surface area contributed by atoms with Gasteiger partial charge in [-0.25, -0.2) is 18.3 Å². The third-order valence-corrected chi connectivity index (χ3v) is 6.41. The van der Waals surface area contributed by atoms with Gasteiger partial charge in [0.1, 0.15) is 22.3 Å². The van der Waals surface area contributed by atoms with Crippen molar-refractivity contribution in [3.05, 3.63) is 83.7 Å². The van der Waals surface area contributed by atoms with E-state index in [2.05, 4.69) is 15.0 Å². The van der Waals surface area contributed by atoms with Crippen LogP contribution in [0.4, 0.5) is 17.2 Å². The summed E-state index contributed by atoms with van der Waals surface area (Å²) in [5, 5.41) is 2.51. The minimum absolute atomic E-state index is 0.0109. The summed E-state index contributed by atoms with van der Waals surface area (Å²) in [4.78, 5) is 30.5. The number of sulfonamides is 1. The fourth-order valence-electron chi connectivity index (χ4n) is 3.13. The molecule has 33 heavy (non-hydrogen) atoms. The second-order valence-corrected chi connectivity index (χ2v) is 8.84. The number of amides is 2. The molecule has 2 amide bonds. The van der Waals surface area contributed by atoms with Crippen LogP contribution in [0.25, 0.3) is 0 Å². The highest BCUT2D eigenvalue weighted by molar-refractivity contribution is 7.92. The molecule has 168 valence electrons. The lowest BCUT2D eigenvalue weighted by Gasteiger charge is -2.17. The number of methoxy groups -OCH3 is 1. The van der Waals surface area contributed by atoms with E-state index in [1.54, 1.807) is 36.4 Å². The topological polar surface area (TPSA) is 118 Å². The van der Waals surface area contributed by atoms with E-state index < -0.39 is 21.8 Å². The number of hydrogen-bond donors (Lipinski definition) is 2. The molecule has 0 fully saturated rings. The van der Waals surface area contributed by atoms with Crippen LogP contribution in [-0.4, -0.2) is 32.3 Å². The number of carbonyl (C=O) groups excluding carboxylic acids is 2. The first kappa shape index (κ1) is 22.3. The number of hydrogen-bond acceptors (Lipinski definition) is 7. The van der Waals surface area contributed by atoms with Crippen molar-refractivity contribution in [2.45, 2.75) is 4.90 Å². The molecule has 0 spiro atoms. The number of ether oxygens (including phenoxy) is 1. The van der Waals surface area contributed by atoms with Crippen LogP contribution in [0.5, 0.6) is 5.75 Å². The van der Waals surface area contributed by atoms with Crippen molar-refractivity contribution in [2.24, 2.45) is 0 Å². The number of benzene rings is 2. The molecule has 0 saturated carbocycles. The molecule has 1 aliphatic heterocycles. The summed E-state index contributed by atoms with van der Waals surface area (Å²) in [6.07, 6.45) is 1.47. The zero-order valence-corrected chi connectivity index (χ0v) is 18.7. The number of halogens is 1. The van der Waals surface area contributed by atoms with Crippen LogP contribution in [0, 0.1) is 0 Å². The van der Waals surface area contributed by atoms with Gasteiger partial charge in [0.05, 0.1) is 17.7 Å². The number of para-hydroxylation sites is 2. The van der Waals surface area contributed by atoms with Crippen molar-refractivity contribution >= 4 is 50.6 Å². The lowest BCUT2D eigenvalue weighted by atomic mass is 10.2. The predicted molar refractivity (Wildman–Crippen MR) is 123 cm³/mol. The zero-order chi connectivity index (χ0) is 23.6. The van der Waals surface area contributed by atoms with E-state index in [9.17, 15) is 18.0 Å². The number of pyridine rings is 1. The first-order valence-electron chi connectivity index (χ1n) is 9.54. The third-order valence-electron chi connectivity index (χ3n) is 4.69. The Kier molecular flexibility index (Phi) is 6.03. The quantitative estimate of drug-likeness (QED) is 0.494. The van der Waals surface area contributed by atoms with Crippen LogP contribution in [0.1, 0.15) is 0 Å². The monoisotopic (exact) mass is 484 g/mol. The largest absolute Gasteiger partial charge is 0.495 e. The Bertz CT molecular complexity index is 1360. The number of aromatic nitrogens is 1. The van der Waals surface area contributed by atoms with E-state index in [1.165, 1.54) is 43.6 Å². The lowest BCUT2D eigenvalue weighted by molar-refractivity contribution is -0.120. The summed E-state index contributed by atoms with van der Waals surface area (Å²) in [5.41, 5.74) is 0.491. The van der Waals surface area contributed by atoms with E-state index >= 15 is 0 Å². The fourth-order valence-corrected chi connectivity index (χ4v) is 4.35. The molecule has 0 aliphatic carbocycles. The maximum absolute atomic E-state index is 13.0. The highest BCUT2D eigenvalue weighted by Crippen LogP contribution is 2.35. The molecule has 2 heterocycles. The summed E-state index contributed by atoms with van der Waals surface area (Å²) in [5.74, 6) is -0.849. The molecule has 11 heteroatoms. The molecule has 0 unspecified atom stereocenters. The molecule has 1 aromatic heterocycles. The summed E-state index contributed by atoms with van der Waals surface area (Å²) in [6.45, 7) is 0. The number of imide groups is 1. The molecule has 1 aliphatic rings. The molecule has 3 aromatic rings. The number of rotatable bonds is 7. The standard InChI is InChI=1S/C22H17ClN4O5S/c1-32-17-7-3-2-6-16(17)27-21(28)19(23)20(22(27)29)25-14-9-11-15(12-10-14)33(30,31)26-18-8-4-5-13-24-18/h2-13,25H,1H3,(H,24,26). The second kappa shape index (κ2) is 8.93. The lowest BCUT2D eigenvalue weighted by Crippen LogP contribution is -2.32. The Morgan fingerprint density at radius 1 is 0.939 bits per heavy atom. The predicted octanol–water partition coefficient (Wildman–Crippen LogP) is 3.33. The zero-order valence-electron chi connectivity index (χ0n) is 17.2. The Labute approximate surface area is 194 Å². The molecular weight excluding hydrogens is 468 g/mol. The smallest absolute Gasteiger partial charge is 0.283 e. The number of nitrogens with zero attached hydrogens (tertiary/aromatic N) is 2. The van der Waals surface area contributed by atoms with Crippen molar-refractivity contribution < 1.29 is 22.7 Å². The van der Waals surface area contributed by atoms with Crippen LogP contribution in [0.3, 0.4) is 0 Å². The Balaban J connectivity index is 1.54. The molecule has 2 aromatic carbocycles. The van der Waals surface area contributed by atoms with Gasteiger partial charge in [-0.15, -0.1) is 0 Å². The minimum Gasteiger partial charge on any atom is -0.495 e. The number of carbonyl (C=O) groups is 2. The van der Waals surface area contributed by atoms with Gasteiger partial charge in [0.15, 0.2) is 0 Å². The van der Waals surface area contributed by atoms with Gasteiger partial charge in [0, 0.05) is 11.9 Å². The number of nitrogens with one attached hydrogen (secondary N) is 2. The highest BCUT2D eigenvalue weighted by atomic mass is 35.5. The first-order chi connectivity index (χ1) is 15.8. The van der Waals surface area contributed by atoms with Crippen LogP contribution >= 0.6 is 11.6 Å². The van der Waals surface area contributed by atoms with E-state index in [0.29, 0.717) is 11.4 Å². The van der Waals surface area contributed by atoms with Crippen LogP contribution in [0.15, 0.2) is 88.6 Å². The normalized spacial score (nSPS) is 13.9. The molecule has 0 radical (unpaired) electrons. The fraction of sp³-hybridized carbons (Fsp3) is 0.0455. The summed E-state index contributed by atoms with van der Waals surface area (Å²) >= 11 is 6.16. The van der Waals surface area contributed by atoms with Crippen molar-refractivity contribution in [1.82, 2.24) is 4.98 Å². The summed E-state index contributed by atoms with van der Waals surface area (Å²) < 4.78 is 32.7. The average Bonchev–Trinajstić information content (AvgIpc) is 3.02. The highest BCUT2D eigenvalue weighted by Gasteiger charge is 2.40. The summed E-state index contributed by atoms with van der Waals surface area (Å²) in [7, 11) is -2.43. The van der Waals surface area contributed by atoms with E-state index in [-0.39, 0.29) is 27.1 Å². The maximum Gasteiger partial charge on any atom is 0.283 e. The third kappa shape index (κ3) is 4.38. The van der Waals surface area contributed by atoms with E-state index in [0.717, 1.165) is 4.90 Å². The van der Waals surface area contributed by atoms with Crippen molar-refractivity contribution in [1.29, 1.82) is 0 Å².